The molecule has 0 saturated carbocycles. The Morgan fingerprint density at radius 1 is 1.07 bits per heavy atom. The Morgan fingerprint density at radius 3 is 2.74 bits per heavy atom. The van der Waals surface area contributed by atoms with Crippen molar-refractivity contribution < 1.29 is 4.74 Å². The van der Waals surface area contributed by atoms with Crippen LogP contribution >= 0.6 is 0 Å². The van der Waals surface area contributed by atoms with Crippen molar-refractivity contribution >= 4 is 5.82 Å². The van der Waals surface area contributed by atoms with Crippen LogP contribution in [0.4, 0.5) is 5.82 Å². The van der Waals surface area contributed by atoms with E-state index in [1.807, 2.05) is 12.1 Å². The molecule has 0 fully saturated rings. The molecule has 0 unspecified atom stereocenters. The normalized spacial score (nSPS) is 13.8. The van der Waals surface area contributed by atoms with Gasteiger partial charge in [-0.1, -0.05) is 44.2 Å². The summed E-state index contributed by atoms with van der Waals surface area (Å²) in [5.74, 6) is 2.44. The maximum Gasteiger partial charge on any atom is 0.133 e. The molecule has 0 radical (unpaired) electrons. The number of nitrogens with zero attached hydrogens (tertiary/aromatic N) is 2. The van der Waals surface area contributed by atoms with Crippen LogP contribution in [0.25, 0.3) is 16.9 Å². The number of rotatable bonds is 4. The van der Waals surface area contributed by atoms with E-state index in [0.29, 0.717) is 5.92 Å². The SMILES string of the molecule is COc1cccc(-c2nn(-c3ccccc3C(C)C)c3c2CCCCN3)c1. The first kappa shape index (κ1) is 17.7. The molecular formula is C23H27N3O. The number of hydrogen-bond donors (Lipinski definition) is 1. The molecule has 4 heteroatoms. The van der Waals surface area contributed by atoms with Gasteiger partial charge < -0.3 is 10.1 Å². The summed E-state index contributed by atoms with van der Waals surface area (Å²) >= 11 is 0. The van der Waals surface area contributed by atoms with E-state index in [9.17, 15) is 0 Å². The molecule has 1 aromatic heterocycles. The monoisotopic (exact) mass is 361 g/mol. The van der Waals surface area contributed by atoms with E-state index < -0.39 is 0 Å². The molecule has 3 aromatic rings. The molecule has 27 heavy (non-hydrogen) atoms. The quantitative estimate of drug-likeness (QED) is 0.674. The molecule has 2 heterocycles. The highest BCUT2D eigenvalue weighted by molar-refractivity contribution is 5.72. The predicted molar refractivity (Wildman–Crippen MR) is 111 cm³/mol. The van der Waals surface area contributed by atoms with Gasteiger partial charge in [-0.15, -0.1) is 0 Å². The maximum absolute atomic E-state index is 5.44. The lowest BCUT2D eigenvalue weighted by Gasteiger charge is -2.15. The minimum Gasteiger partial charge on any atom is -0.497 e. The van der Waals surface area contributed by atoms with Crippen molar-refractivity contribution in [3.05, 3.63) is 59.7 Å². The number of ether oxygens (including phenoxy) is 1. The van der Waals surface area contributed by atoms with Crippen molar-refractivity contribution in [3.63, 3.8) is 0 Å². The lowest BCUT2D eigenvalue weighted by molar-refractivity contribution is 0.415. The first-order valence-corrected chi connectivity index (χ1v) is 9.78. The molecule has 2 aromatic carbocycles. The Kier molecular flexibility index (Phi) is 4.88. The van der Waals surface area contributed by atoms with Crippen molar-refractivity contribution in [1.29, 1.82) is 0 Å². The number of nitrogens with one attached hydrogen (secondary N) is 1. The first-order chi connectivity index (χ1) is 13.2. The Balaban J connectivity index is 1.93. The lowest BCUT2D eigenvalue weighted by atomic mass is 10.0. The van der Waals surface area contributed by atoms with Crippen LogP contribution in [0.3, 0.4) is 0 Å². The van der Waals surface area contributed by atoms with Crippen LogP contribution in [0.2, 0.25) is 0 Å². The van der Waals surface area contributed by atoms with Crippen LogP contribution in [-0.2, 0) is 6.42 Å². The fourth-order valence-corrected chi connectivity index (χ4v) is 3.85. The van der Waals surface area contributed by atoms with Crippen molar-refractivity contribution in [2.24, 2.45) is 0 Å². The van der Waals surface area contributed by atoms with Gasteiger partial charge >= 0.3 is 0 Å². The number of fused-ring (bicyclic) bond motifs is 1. The number of methoxy groups -OCH3 is 1. The second-order valence-corrected chi connectivity index (χ2v) is 7.42. The van der Waals surface area contributed by atoms with Gasteiger partial charge in [0.25, 0.3) is 0 Å². The topological polar surface area (TPSA) is 39.1 Å². The van der Waals surface area contributed by atoms with E-state index in [0.717, 1.165) is 41.5 Å². The van der Waals surface area contributed by atoms with Crippen molar-refractivity contribution in [1.82, 2.24) is 9.78 Å². The second kappa shape index (κ2) is 7.47. The van der Waals surface area contributed by atoms with Gasteiger partial charge in [0.2, 0.25) is 0 Å². The molecule has 0 atom stereocenters. The van der Waals surface area contributed by atoms with Crippen LogP contribution in [0.1, 0.15) is 43.7 Å². The van der Waals surface area contributed by atoms with E-state index in [1.165, 1.54) is 24.0 Å². The van der Waals surface area contributed by atoms with Crippen LogP contribution in [0.5, 0.6) is 5.75 Å². The van der Waals surface area contributed by atoms with E-state index in [4.69, 9.17) is 9.84 Å². The summed E-state index contributed by atoms with van der Waals surface area (Å²) in [5.41, 5.74) is 5.93. The third-order valence-electron chi connectivity index (χ3n) is 5.26. The van der Waals surface area contributed by atoms with Gasteiger partial charge in [0.05, 0.1) is 18.5 Å². The molecular weight excluding hydrogens is 334 g/mol. The van der Waals surface area contributed by atoms with Crippen LogP contribution in [-0.4, -0.2) is 23.4 Å². The minimum atomic E-state index is 0.437. The smallest absolute Gasteiger partial charge is 0.133 e. The number of anilines is 1. The van der Waals surface area contributed by atoms with Crippen LogP contribution in [0.15, 0.2) is 48.5 Å². The van der Waals surface area contributed by atoms with Gasteiger partial charge in [0.1, 0.15) is 11.6 Å². The van der Waals surface area contributed by atoms with E-state index in [1.54, 1.807) is 7.11 Å². The first-order valence-electron chi connectivity index (χ1n) is 9.78. The highest BCUT2D eigenvalue weighted by atomic mass is 16.5. The second-order valence-electron chi connectivity index (χ2n) is 7.42. The number of hydrogen-bond acceptors (Lipinski definition) is 3. The highest BCUT2D eigenvalue weighted by Crippen LogP contribution is 2.36. The predicted octanol–water partition coefficient (Wildman–Crippen LogP) is 5.42. The van der Waals surface area contributed by atoms with Crippen molar-refractivity contribution in [2.45, 2.75) is 39.0 Å². The summed E-state index contributed by atoms with van der Waals surface area (Å²) in [6.45, 7) is 5.45. The summed E-state index contributed by atoms with van der Waals surface area (Å²) in [7, 11) is 1.71. The zero-order valence-electron chi connectivity index (χ0n) is 16.3. The molecule has 0 spiro atoms. The molecule has 1 N–H and O–H groups in total. The number of para-hydroxylation sites is 1. The third-order valence-corrected chi connectivity index (χ3v) is 5.26. The highest BCUT2D eigenvalue weighted by Gasteiger charge is 2.23. The molecule has 140 valence electrons. The van der Waals surface area contributed by atoms with Gasteiger partial charge in [-0.25, -0.2) is 4.68 Å². The molecule has 0 saturated heterocycles. The Bertz CT molecular complexity index is 943. The lowest BCUT2D eigenvalue weighted by Crippen LogP contribution is -2.09. The van der Waals surface area contributed by atoms with Crippen molar-refractivity contribution in [3.8, 4) is 22.7 Å². The fourth-order valence-electron chi connectivity index (χ4n) is 3.85. The standard InChI is InChI=1S/C23H27N3O/c1-16(2)19-11-4-5-13-21(19)26-23-20(12-6-7-14-24-23)22(25-26)17-9-8-10-18(15-17)27-3/h4-5,8-11,13,15-16,24H,6-7,12,14H2,1-3H3. The van der Waals surface area contributed by atoms with Crippen LogP contribution < -0.4 is 10.1 Å². The van der Waals surface area contributed by atoms with E-state index in [2.05, 4.69) is 60.2 Å². The minimum absolute atomic E-state index is 0.437. The summed E-state index contributed by atoms with van der Waals surface area (Å²) in [5, 5.41) is 8.74. The average Bonchev–Trinajstić information content (AvgIpc) is 2.88. The summed E-state index contributed by atoms with van der Waals surface area (Å²) in [6, 6.07) is 16.8. The van der Waals surface area contributed by atoms with Gasteiger partial charge in [-0.2, -0.15) is 5.10 Å². The largest absolute Gasteiger partial charge is 0.497 e. The van der Waals surface area contributed by atoms with Gasteiger partial charge in [-0.3, -0.25) is 0 Å². The maximum atomic E-state index is 5.44. The number of benzene rings is 2. The summed E-state index contributed by atoms with van der Waals surface area (Å²) < 4.78 is 7.55. The average molecular weight is 361 g/mol. The molecule has 4 rings (SSSR count). The molecule has 0 amide bonds. The summed E-state index contributed by atoms with van der Waals surface area (Å²) in [6.07, 6.45) is 3.39. The molecule has 0 bridgehead atoms. The fraction of sp³-hybridized carbons (Fsp3) is 0.348. The van der Waals surface area contributed by atoms with Gasteiger partial charge in [-0.05, 0) is 48.9 Å². The molecule has 4 nitrogen and oxygen atoms in total. The van der Waals surface area contributed by atoms with E-state index in [-0.39, 0.29) is 0 Å². The molecule has 0 aliphatic carbocycles. The Hall–Kier alpha value is -2.75. The zero-order valence-corrected chi connectivity index (χ0v) is 16.3. The van der Waals surface area contributed by atoms with Crippen LogP contribution in [0, 0.1) is 0 Å². The van der Waals surface area contributed by atoms with Gasteiger partial charge in [0.15, 0.2) is 0 Å². The summed E-state index contributed by atoms with van der Waals surface area (Å²) in [4.78, 5) is 0. The number of aromatic nitrogens is 2. The molecule has 1 aliphatic heterocycles. The van der Waals surface area contributed by atoms with Gasteiger partial charge in [0, 0.05) is 17.7 Å². The Labute approximate surface area is 161 Å². The molecule has 1 aliphatic rings. The zero-order chi connectivity index (χ0) is 18.8. The third kappa shape index (κ3) is 3.32. The van der Waals surface area contributed by atoms with E-state index >= 15 is 0 Å². The Morgan fingerprint density at radius 2 is 1.93 bits per heavy atom. The van der Waals surface area contributed by atoms with Crippen molar-refractivity contribution in [2.75, 3.05) is 19.0 Å².